The van der Waals surface area contributed by atoms with Crippen molar-refractivity contribution < 1.29 is 9.90 Å². The van der Waals surface area contributed by atoms with Gasteiger partial charge in [-0.3, -0.25) is 0 Å². The van der Waals surface area contributed by atoms with Crippen molar-refractivity contribution in [3.8, 4) is 0 Å². The molecule has 0 radical (unpaired) electrons. The van der Waals surface area contributed by atoms with Gasteiger partial charge in [-0.1, -0.05) is 23.7 Å². The molecule has 0 saturated carbocycles. The standard InChI is InChI=1S/C10H10ClNO2/c1-12-6-5-7-3-2-4-8(9(7)11)10(13)14/h2-4,6H,5H2,1H3,(H,13,14). The van der Waals surface area contributed by atoms with Crippen LogP contribution in [0.3, 0.4) is 0 Å². The third-order valence-corrected chi connectivity index (χ3v) is 2.25. The van der Waals surface area contributed by atoms with Crippen molar-refractivity contribution in [3.05, 3.63) is 34.3 Å². The van der Waals surface area contributed by atoms with E-state index in [1.54, 1.807) is 25.4 Å². The minimum atomic E-state index is -1.01. The molecule has 1 aromatic carbocycles. The van der Waals surface area contributed by atoms with E-state index in [4.69, 9.17) is 16.7 Å². The molecule has 3 nitrogen and oxygen atoms in total. The average Bonchev–Trinajstić information content (AvgIpc) is 2.16. The number of nitrogens with zero attached hydrogens (tertiary/aromatic N) is 1. The molecular formula is C10H10ClNO2. The number of aromatic carboxylic acids is 1. The fourth-order valence-electron chi connectivity index (χ4n) is 1.09. The highest BCUT2D eigenvalue weighted by molar-refractivity contribution is 6.34. The Morgan fingerprint density at radius 1 is 1.64 bits per heavy atom. The molecule has 0 atom stereocenters. The highest BCUT2D eigenvalue weighted by atomic mass is 35.5. The van der Waals surface area contributed by atoms with Gasteiger partial charge in [-0.05, 0) is 11.6 Å². The fourth-order valence-corrected chi connectivity index (χ4v) is 1.38. The van der Waals surface area contributed by atoms with Gasteiger partial charge in [0.05, 0.1) is 10.6 Å². The van der Waals surface area contributed by atoms with E-state index in [9.17, 15) is 4.79 Å². The number of carboxylic acid groups (broad SMARTS) is 1. The van der Waals surface area contributed by atoms with Crippen molar-refractivity contribution in [1.82, 2.24) is 0 Å². The minimum Gasteiger partial charge on any atom is -0.478 e. The molecule has 1 N–H and O–H groups in total. The zero-order valence-corrected chi connectivity index (χ0v) is 8.45. The van der Waals surface area contributed by atoms with Gasteiger partial charge < -0.3 is 10.1 Å². The van der Waals surface area contributed by atoms with Crippen molar-refractivity contribution in [2.24, 2.45) is 4.99 Å². The smallest absolute Gasteiger partial charge is 0.337 e. The second kappa shape index (κ2) is 4.77. The molecule has 1 rings (SSSR count). The summed E-state index contributed by atoms with van der Waals surface area (Å²) in [4.78, 5) is 14.5. The van der Waals surface area contributed by atoms with E-state index in [0.29, 0.717) is 11.4 Å². The van der Waals surface area contributed by atoms with Crippen molar-refractivity contribution in [2.75, 3.05) is 7.05 Å². The summed E-state index contributed by atoms with van der Waals surface area (Å²) in [6.07, 6.45) is 2.24. The minimum absolute atomic E-state index is 0.133. The molecule has 0 aromatic heterocycles. The number of benzene rings is 1. The van der Waals surface area contributed by atoms with Crippen molar-refractivity contribution in [1.29, 1.82) is 0 Å². The number of hydrogen-bond acceptors (Lipinski definition) is 2. The van der Waals surface area contributed by atoms with Crippen LogP contribution in [-0.4, -0.2) is 24.3 Å². The Kier molecular flexibility index (Phi) is 3.65. The SMILES string of the molecule is CN=CCc1cccc(C(=O)O)c1Cl. The molecule has 0 aliphatic heterocycles. The van der Waals surface area contributed by atoms with Crippen LogP contribution in [0.2, 0.25) is 5.02 Å². The lowest BCUT2D eigenvalue weighted by Crippen LogP contribution is -2.00. The normalized spacial score (nSPS) is 10.7. The number of hydrogen-bond donors (Lipinski definition) is 1. The Hall–Kier alpha value is -1.35. The predicted octanol–water partition coefficient (Wildman–Crippen LogP) is 2.28. The highest BCUT2D eigenvalue weighted by Gasteiger charge is 2.10. The van der Waals surface area contributed by atoms with Crippen molar-refractivity contribution in [2.45, 2.75) is 6.42 Å². The van der Waals surface area contributed by atoms with Gasteiger partial charge in [-0.25, -0.2) is 4.79 Å². The third-order valence-electron chi connectivity index (χ3n) is 1.80. The molecule has 0 saturated heterocycles. The Balaban J connectivity index is 3.07. The van der Waals surface area contributed by atoms with Crippen LogP contribution in [-0.2, 0) is 6.42 Å². The van der Waals surface area contributed by atoms with Crippen molar-refractivity contribution >= 4 is 23.8 Å². The van der Waals surface area contributed by atoms with Crippen LogP contribution in [0.1, 0.15) is 15.9 Å². The molecule has 0 heterocycles. The average molecular weight is 212 g/mol. The summed E-state index contributed by atoms with van der Waals surface area (Å²) in [5, 5.41) is 9.09. The van der Waals surface area contributed by atoms with Gasteiger partial charge in [-0.2, -0.15) is 0 Å². The molecule has 14 heavy (non-hydrogen) atoms. The highest BCUT2D eigenvalue weighted by Crippen LogP contribution is 2.21. The van der Waals surface area contributed by atoms with E-state index >= 15 is 0 Å². The molecule has 0 amide bonds. The first-order chi connectivity index (χ1) is 6.66. The van der Waals surface area contributed by atoms with E-state index in [2.05, 4.69) is 4.99 Å². The molecule has 0 aliphatic carbocycles. The molecule has 1 aromatic rings. The maximum atomic E-state index is 10.7. The van der Waals surface area contributed by atoms with Gasteiger partial charge in [0.15, 0.2) is 0 Å². The maximum Gasteiger partial charge on any atom is 0.337 e. The molecule has 0 unspecified atom stereocenters. The third kappa shape index (κ3) is 2.33. The van der Waals surface area contributed by atoms with Gasteiger partial charge in [0.25, 0.3) is 0 Å². The van der Waals surface area contributed by atoms with Crippen LogP contribution in [0.25, 0.3) is 0 Å². The number of carbonyl (C=O) groups is 1. The second-order valence-corrected chi connectivity index (χ2v) is 3.11. The zero-order valence-electron chi connectivity index (χ0n) is 7.70. The van der Waals surface area contributed by atoms with Crippen LogP contribution < -0.4 is 0 Å². The van der Waals surface area contributed by atoms with E-state index in [0.717, 1.165) is 5.56 Å². The van der Waals surface area contributed by atoms with E-state index in [1.807, 2.05) is 0 Å². The first kappa shape index (κ1) is 10.7. The second-order valence-electron chi connectivity index (χ2n) is 2.73. The Morgan fingerprint density at radius 2 is 2.36 bits per heavy atom. The fraction of sp³-hybridized carbons (Fsp3) is 0.200. The summed E-state index contributed by atoms with van der Waals surface area (Å²) in [6.45, 7) is 0. The summed E-state index contributed by atoms with van der Waals surface area (Å²) in [6, 6.07) is 4.95. The lowest BCUT2D eigenvalue weighted by atomic mass is 10.1. The lowest BCUT2D eigenvalue weighted by molar-refractivity contribution is 0.0697. The van der Waals surface area contributed by atoms with Gasteiger partial charge in [0, 0.05) is 19.7 Å². The first-order valence-corrected chi connectivity index (χ1v) is 4.46. The van der Waals surface area contributed by atoms with Crippen LogP contribution in [0.15, 0.2) is 23.2 Å². The molecule has 0 fully saturated rings. The molecule has 74 valence electrons. The Morgan fingerprint density at radius 3 is 2.93 bits per heavy atom. The predicted molar refractivity (Wildman–Crippen MR) is 56.5 cm³/mol. The van der Waals surface area contributed by atoms with E-state index < -0.39 is 5.97 Å². The summed E-state index contributed by atoms with van der Waals surface area (Å²) >= 11 is 5.90. The van der Waals surface area contributed by atoms with Crippen LogP contribution in [0.5, 0.6) is 0 Å². The molecule has 4 heteroatoms. The van der Waals surface area contributed by atoms with Crippen LogP contribution in [0, 0.1) is 0 Å². The first-order valence-electron chi connectivity index (χ1n) is 4.08. The lowest BCUT2D eigenvalue weighted by Gasteiger charge is -2.03. The van der Waals surface area contributed by atoms with Crippen LogP contribution in [0.4, 0.5) is 0 Å². The Bertz CT molecular complexity index is 374. The van der Waals surface area contributed by atoms with Crippen molar-refractivity contribution in [3.63, 3.8) is 0 Å². The van der Waals surface area contributed by atoms with Gasteiger partial charge in [-0.15, -0.1) is 0 Å². The summed E-state index contributed by atoms with van der Waals surface area (Å²) in [7, 11) is 1.66. The number of rotatable bonds is 3. The van der Waals surface area contributed by atoms with Crippen LogP contribution >= 0.6 is 11.6 Å². The summed E-state index contributed by atoms with van der Waals surface area (Å²) < 4.78 is 0. The van der Waals surface area contributed by atoms with Gasteiger partial charge in [0.2, 0.25) is 0 Å². The molecule has 0 spiro atoms. The zero-order chi connectivity index (χ0) is 10.6. The largest absolute Gasteiger partial charge is 0.478 e. The molecule has 0 aliphatic rings. The quantitative estimate of drug-likeness (QED) is 0.780. The monoisotopic (exact) mass is 211 g/mol. The number of aliphatic imine (C=N–C) groups is 1. The summed E-state index contributed by atoms with van der Waals surface area (Å²) in [5.41, 5.74) is 0.908. The molecular weight excluding hydrogens is 202 g/mol. The van der Waals surface area contributed by atoms with Gasteiger partial charge >= 0.3 is 5.97 Å². The maximum absolute atomic E-state index is 10.7. The Labute approximate surface area is 87.0 Å². The summed E-state index contributed by atoms with van der Waals surface area (Å²) in [5.74, 6) is -1.01. The topological polar surface area (TPSA) is 49.7 Å². The molecule has 0 bridgehead atoms. The number of carboxylic acids is 1. The number of halogens is 1. The van der Waals surface area contributed by atoms with E-state index in [1.165, 1.54) is 6.07 Å². The van der Waals surface area contributed by atoms with E-state index in [-0.39, 0.29) is 5.56 Å². The van der Waals surface area contributed by atoms with Gasteiger partial charge in [0.1, 0.15) is 0 Å².